The number of nitrogens with one attached hydrogen (secondary N) is 1. The van der Waals surface area contributed by atoms with Crippen molar-refractivity contribution in [1.82, 2.24) is 19.7 Å². The normalized spacial score (nSPS) is 14.8. The van der Waals surface area contributed by atoms with Gasteiger partial charge in [0.25, 0.3) is 0 Å². The average Bonchev–Trinajstić information content (AvgIpc) is 3.52. The molecule has 4 amide bonds. The Bertz CT molecular complexity index is 1910. The number of anilines is 2. The molecule has 1 unspecified atom stereocenters. The standard InChI is InChI=1S/C38H45ClN6O7/c1-24-12-8-9-13-26(24)23-43(22-25-15-17-27(39)18-16-25)34(47)33(46)42-29-21-40-32(28-20-41-45(31(28)29)30-14-10-11-19-50-30)44(35(48)51-37(2,3)4)36(49)52-38(5,6)7/h8-9,12-13,15-18,20-21,30H,10-11,14,19,22-23H2,1-7H3,(H,42,46). The summed E-state index contributed by atoms with van der Waals surface area (Å²) in [7, 11) is 0. The maximum atomic E-state index is 14.0. The third-order valence-electron chi connectivity index (χ3n) is 8.04. The number of hydrogen-bond donors (Lipinski definition) is 1. The van der Waals surface area contributed by atoms with E-state index in [0.29, 0.717) is 28.5 Å². The minimum absolute atomic E-state index is 0.124. The van der Waals surface area contributed by atoms with Gasteiger partial charge in [-0.1, -0.05) is 48.0 Å². The number of aryl methyl sites for hydroxylation is 1. The van der Waals surface area contributed by atoms with Gasteiger partial charge in [-0.3, -0.25) is 9.59 Å². The lowest BCUT2D eigenvalue weighted by Gasteiger charge is -2.28. The number of fused-ring (bicyclic) bond motifs is 1. The van der Waals surface area contributed by atoms with Crippen LogP contribution in [-0.4, -0.2) is 61.5 Å². The summed E-state index contributed by atoms with van der Waals surface area (Å²) in [6.45, 7) is 12.8. The van der Waals surface area contributed by atoms with Crippen molar-refractivity contribution in [3.63, 3.8) is 0 Å². The summed E-state index contributed by atoms with van der Waals surface area (Å²) in [5.41, 5.74) is 1.13. The zero-order valence-corrected chi connectivity index (χ0v) is 31.3. The van der Waals surface area contributed by atoms with Crippen LogP contribution in [0.4, 0.5) is 21.1 Å². The molecule has 3 heterocycles. The molecule has 2 aromatic heterocycles. The molecule has 1 aliphatic heterocycles. The Labute approximate surface area is 308 Å². The molecule has 276 valence electrons. The predicted octanol–water partition coefficient (Wildman–Crippen LogP) is 7.94. The highest BCUT2D eigenvalue weighted by atomic mass is 35.5. The van der Waals surface area contributed by atoms with Crippen LogP contribution >= 0.6 is 11.6 Å². The van der Waals surface area contributed by atoms with Crippen molar-refractivity contribution in [1.29, 1.82) is 0 Å². The number of carbonyl (C=O) groups is 4. The molecule has 52 heavy (non-hydrogen) atoms. The molecule has 1 saturated heterocycles. The molecular formula is C38H45ClN6O7. The number of amides is 4. The number of aromatic nitrogens is 3. The van der Waals surface area contributed by atoms with E-state index in [1.807, 2.05) is 31.2 Å². The van der Waals surface area contributed by atoms with E-state index in [-0.39, 0.29) is 30.0 Å². The SMILES string of the molecule is Cc1ccccc1CN(Cc1ccc(Cl)cc1)C(=O)C(=O)Nc1cnc(N(C(=O)OC(C)(C)C)C(=O)OC(C)(C)C)c2cnn(C3CCCCO3)c12. The van der Waals surface area contributed by atoms with Crippen LogP contribution in [0.15, 0.2) is 60.9 Å². The van der Waals surface area contributed by atoms with Gasteiger partial charge >= 0.3 is 24.0 Å². The van der Waals surface area contributed by atoms with Gasteiger partial charge in [0.2, 0.25) is 0 Å². The lowest BCUT2D eigenvalue weighted by Crippen LogP contribution is -2.44. The van der Waals surface area contributed by atoms with Crippen molar-refractivity contribution in [3.05, 3.63) is 82.6 Å². The quantitative estimate of drug-likeness (QED) is 0.187. The molecule has 0 bridgehead atoms. The Morgan fingerprint density at radius 2 is 1.58 bits per heavy atom. The van der Waals surface area contributed by atoms with Crippen LogP contribution in [-0.2, 0) is 36.9 Å². The summed E-state index contributed by atoms with van der Waals surface area (Å²) in [5.74, 6) is -1.85. The largest absolute Gasteiger partial charge is 0.443 e. The molecule has 1 N–H and O–H groups in total. The summed E-state index contributed by atoms with van der Waals surface area (Å²) in [6, 6.07) is 14.7. The first kappa shape index (κ1) is 38.2. The Morgan fingerprint density at radius 3 is 2.17 bits per heavy atom. The fraction of sp³-hybridized carbons (Fsp3) is 0.421. The van der Waals surface area contributed by atoms with E-state index in [4.69, 9.17) is 25.8 Å². The van der Waals surface area contributed by atoms with Crippen molar-refractivity contribution in [3.8, 4) is 0 Å². The van der Waals surface area contributed by atoms with E-state index in [9.17, 15) is 19.2 Å². The number of nitrogens with zero attached hydrogens (tertiary/aromatic N) is 5. The summed E-state index contributed by atoms with van der Waals surface area (Å²) in [5, 5.41) is 8.08. The molecule has 13 nitrogen and oxygen atoms in total. The summed E-state index contributed by atoms with van der Waals surface area (Å²) in [4.78, 5) is 61.7. The fourth-order valence-electron chi connectivity index (χ4n) is 5.64. The second-order valence-electron chi connectivity index (χ2n) is 14.6. The minimum Gasteiger partial charge on any atom is -0.443 e. The molecule has 0 saturated carbocycles. The van der Waals surface area contributed by atoms with Crippen LogP contribution in [0.5, 0.6) is 0 Å². The van der Waals surface area contributed by atoms with Crippen LogP contribution in [0.2, 0.25) is 5.02 Å². The molecule has 0 aliphatic carbocycles. The van der Waals surface area contributed by atoms with E-state index in [2.05, 4.69) is 15.4 Å². The molecule has 14 heteroatoms. The lowest BCUT2D eigenvalue weighted by atomic mass is 10.1. The summed E-state index contributed by atoms with van der Waals surface area (Å²) in [6.07, 6.45) is 2.51. The summed E-state index contributed by atoms with van der Waals surface area (Å²) >= 11 is 6.11. The van der Waals surface area contributed by atoms with Gasteiger partial charge in [0.05, 0.1) is 23.5 Å². The number of carbonyl (C=O) groups excluding carboxylic acids is 4. The Hall–Kier alpha value is -5.01. The number of pyridine rings is 1. The zero-order chi connectivity index (χ0) is 37.8. The molecule has 4 aromatic rings. The predicted molar refractivity (Wildman–Crippen MR) is 197 cm³/mol. The first-order valence-corrected chi connectivity index (χ1v) is 17.5. The van der Waals surface area contributed by atoms with Gasteiger partial charge in [-0.15, -0.1) is 0 Å². The van der Waals surface area contributed by atoms with Crippen LogP contribution in [0, 0.1) is 6.92 Å². The van der Waals surface area contributed by atoms with Crippen LogP contribution in [0.25, 0.3) is 10.9 Å². The Morgan fingerprint density at radius 1 is 0.923 bits per heavy atom. The minimum atomic E-state index is -1.02. The highest BCUT2D eigenvalue weighted by Crippen LogP contribution is 2.36. The number of ether oxygens (including phenoxy) is 3. The zero-order valence-electron chi connectivity index (χ0n) is 30.6. The lowest BCUT2D eigenvalue weighted by molar-refractivity contribution is -0.144. The molecule has 1 fully saturated rings. The smallest absolute Gasteiger partial charge is 0.425 e. The van der Waals surface area contributed by atoms with Gasteiger partial charge in [0.15, 0.2) is 12.0 Å². The highest BCUT2D eigenvalue weighted by molar-refractivity contribution is 6.40. The van der Waals surface area contributed by atoms with Crippen molar-refractivity contribution in [2.75, 3.05) is 16.8 Å². The van der Waals surface area contributed by atoms with Crippen LogP contribution < -0.4 is 10.2 Å². The molecule has 1 aliphatic rings. The van der Waals surface area contributed by atoms with E-state index in [1.54, 1.807) is 70.5 Å². The molecule has 1 atom stereocenters. The third-order valence-corrected chi connectivity index (χ3v) is 8.29. The number of rotatable bonds is 7. The van der Waals surface area contributed by atoms with Gasteiger partial charge in [0.1, 0.15) is 16.7 Å². The highest BCUT2D eigenvalue weighted by Gasteiger charge is 2.36. The van der Waals surface area contributed by atoms with Crippen molar-refractivity contribution in [2.24, 2.45) is 0 Å². The second kappa shape index (κ2) is 15.7. The molecular weight excluding hydrogens is 688 g/mol. The molecule has 0 radical (unpaired) electrons. The van der Waals surface area contributed by atoms with E-state index >= 15 is 0 Å². The summed E-state index contributed by atoms with van der Waals surface area (Å²) < 4.78 is 18.8. The number of halogens is 1. The molecule has 0 spiro atoms. The first-order valence-electron chi connectivity index (χ1n) is 17.1. The number of benzene rings is 2. The Balaban J connectivity index is 1.56. The number of hydrogen-bond acceptors (Lipinski definition) is 9. The van der Waals surface area contributed by atoms with Crippen molar-refractivity contribution >= 4 is 58.0 Å². The fourth-order valence-corrected chi connectivity index (χ4v) is 5.77. The third kappa shape index (κ3) is 9.45. The Kier molecular flexibility index (Phi) is 11.5. The van der Waals surface area contributed by atoms with Gasteiger partial charge in [0, 0.05) is 24.7 Å². The van der Waals surface area contributed by atoms with E-state index in [0.717, 1.165) is 29.5 Å². The van der Waals surface area contributed by atoms with Gasteiger partial charge in [-0.25, -0.2) is 19.3 Å². The molecule has 2 aromatic carbocycles. The number of imide groups is 1. The molecule has 5 rings (SSSR count). The van der Waals surface area contributed by atoms with Gasteiger partial charge in [-0.2, -0.15) is 10.00 Å². The first-order chi connectivity index (χ1) is 24.5. The van der Waals surface area contributed by atoms with Crippen LogP contribution in [0.3, 0.4) is 0 Å². The van der Waals surface area contributed by atoms with Gasteiger partial charge in [-0.05, 0) is 96.6 Å². The average molecular weight is 733 g/mol. The second-order valence-corrected chi connectivity index (χ2v) is 15.1. The van der Waals surface area contributed by atoms with Crippen LogP contribution in [0.1, 0.15) is 83.7 Å². The van der Waals surface area contributed by atoms with Gasteiger partial charge < -0.3 is 24.4 Å². The topological polar surface area (TPSA) is 145 Å². The van der Waals surface area contributed by atoms with E-state index < -0.39 is 41.4 Å². The van der Waals surface area contributed by atoms with E-state index in [1.165, 1.54) is 17.3 Å². The maximum Gasteiger partial charge on any atom is 0.425 e. The maximum absolute atomic E-state index is 14.0. The monoisotopic (exact) mass is 732 g/mol. The van der Waals surface area contributed by atoms with Crippen molar-refractivity contribution in [2.45, 2.75) is 98.2 Å². The van der Waals surface area contributed by atoms with Crippen molar-refractivity contribution < 1.29 is 33.4 Å².